The maximum Gasteiger partial charge on any atom is 0.146 e. The van der Waals surface area contributed by atoms with Crippen molar-refractivity contribution in [1.82, 2.24) is 10.3 Å². The van der Waals surface area contributed by atoms with Crippen molar-refractivity contribution < 1.29 is 0 Å². The van der Waals surface area contributed by atoms with E-state index < -0.39 is 0 Å². The van der Waals surface area contributed by atoms with Crippen molar-refractivity contribution in [3.63, 3.8) is 0 Å². The summed E-state index contributed by atoms with van der Waals surface area (Å²) in [5.74, 6) is 0.624. The predicted molar refractivity (Wildman–Crippen MR) is 62.9 cm³/mol. The Morgan fingerprint density at radius 1 is 1.47 bits per heavy atom. The zero-order valence-corrected chi connectivity index (χ0v) is 9.11. The third-order valence-electron chi connectivity index (χ3n) is 3.05. The lowest BCUT2D eigenvalue weighted by Crippen LogP contribution is -2.41. The fourth-order valence-corrected chi connectivity index (χ4v) is 2.10. The molecule has 1 aromatic rings. The van der Waals surface area contributed by atoms with Gasteiger partial charge in [0.15, 0.2) is 0 Å². The Kier molecular flexibility index (Phi) is 3.06. The van der Waals surface area contributed by atoms with Crippen LogP contribution in [0.5, 0.6) is 0 Å². The first-order valence-corrected chi connectivity index (χ1v) is 5.43. The zero-order valence-electron chi connectivity index (χ0n) is 9.11. The third-order valence-corrected chi connectivity index (χ3v) is 3.05. The van der Waals surface area contributed by atoms with Crippen molar-refractivity contribution in [3.05, 3.63) is 18.3 Å². The fourth-order valence-electron chi connectivity index (χ4n) is 2.10. The van der Waals surface area contributed by atoms with E-state index in [0.29, 0.717) is 11.9 Å². The van der Waals surface area contributed by atoms with Gasteiger partial charge in [-0.25, -0.2) is 4.98 Å². The Bertz CT molecular complexity index is 320. The Labute approximate surface area is 90.5 Å². The first kappa shape index (κ1) is 10.2. The van der Waals surface area contributed by atoms with E-state index in [1.807, 2.05) is 12.1 Å². The number of rotatable bonds is 2. The molecule has 1 aliphatic rings. The third kappa shape index (κ3) is 2.21. The predicted octanol–water partition coefficient (Wildman–Crippen LogP) is 0.852. The average Bonchev–Trinajstić information content (AvgIpc) is 2.30. The number of anilines is 2. The summed E-state index contributed by atoms with van der Waals surface area (Å²) in [6, 6.07) is 4.55. The number of nitrogens with zero attached hydrogens (tertiary/aromatic N) is 2. The van der Waals surface area contributed by atoms with Crippen LogP contribution in [-0.4, -0.2) is 31.2 Å². The molecule has 82 valence electrons. The lowest BCUT2D eigenvalue weighted by molar-refractivity contribution is 0.443. The number of hydrogen-bond donors (Lipinski definition) is 2. The second kappa shape index (κ2) is 4.49. The Balaban J connectivity index is 2.12. The summed E-state index contributed by atoms with van der Waals surface area (Å²) < 4.78 is 0. The maximum absolute atomic E-state index is 5.86. The quantitative estimate of drug-likeness (QED) is 0.753. The van der Waals surface area contributed by atoms with Gasteiger partial charge in [-0.1, -0.05) is 0 Å². The molecular formula is C11H18N4. The van der Waals surface area contributed by atoms with Gasteiger partial charge in [-0.05, 0) is 38.1 Å². The van der Waals surface area contributed by atoms with Crippen LogP contribution in [-0.2, 0) is 0 Å². The number of nitrogens with one attached hydrogen (secondary N) is 1. The van der Waals surface area contributed by atoms with E-state index in [2.05, 4.69) is 22.2 Å². The topological polar surface area (TPSA) is 54.2 Å². The molecule has 1 aliphatic heterocycles. The summed E-state index contributed by atoms with van der Waals surface area (Å²) in [5, 5.41) is 3.36. The minimum Gasteiger partial charge on any atom is -0.382 e. The van der Waals surface area contributed by atoms with E-state index in [1.54, 1.807) is 6.20 Å². The van der Waals surface area contributed by atoms with Gasteiger partial charge in [0, 0.05) is 19.3 Å². The van der Waals surface area contributed by atoms with Gasteiger partial charge in [0.25, 0.3) is 0 Å². The Morgan fingerprint density at radius 2 is 2.20 bits per heavy atom. The Morgan fingerprint density at radius 3 is 2.87 bits per heavy atom. The molecule has 1 aromatic heterocycles. The molecule has 1 saturated heterocycles. The SMILES string of the molecule is CN(c1cccnc1N)C1CCNCC1. The van der Waals surface area contributed by atoms with Crippen molar-refractivity contribution in [2.75, 3.05) is 30.8 Å². The monoisotopic (exact) mass is 206 g/mol. The zero-order chi connectivity index (χ0) is 10.7. The molecule has 0 amide bonds. The highest BCUT2D eigenvalue weighted by Gasteiger charge is 2.19. The molecule has 0 spiro atoms. The molecule has 15 heavy (non-hydrogen) atoms. The molecule has 0 bridgehead atoms. The number of aromatic nitrogens is 1. The molecule has 4 nitrogen and oxygen atoms in total. The lowest BCUT2D eigenvalue weighted by atomic mass is 10.0. The average molecular weight is 206 g/mol. The normalized spacial score (nSPS) is 17.7. The first-order valence-electron chi connectivity index (χ1n) is 5.43. The van der Waals surface area contributed by atoms with Crippen molar-refractivity contribution in [1.29, 1.82) is 0 Å². The molecule has 0 aromatic carbocycles. The van der Waals surface area contributed by atoms with Crippen molar-refractivity contribution >= 4 is 11.5 Å². The van der Waals surface area contributed by atoms with Crippen molar-refractivity contribution in [2.45, 2.75) is 18.9 Å². The van der Waals surface area contributed by atoms with Crippen LogP contribution in [0.2, 0.25) is 0 Å². The molecule has 4 heteroatoms. The van der Waals surface area contributed by atoms with Crippen LogP contribution in [0.4, 0.5) is 11.5 Å². The molecule has 2 heterocycles. The van der Waals surface area contributed by atoms with E-state index >= 15 is 0 Å². The van der Waals surface area contributed by atoms with Gasteiger partial charge in [0.05, 0.1) is 5.69 Å². The fraction of sp³-hybridized carbons (Fsp3) is 0.545. The summed E-state index contributed by atoms with van der Waals surface area (Å²) in [6.07, 6.45) is 4.07. The largest absolute Gasteiger partial charge is 0.382 e. The van der Waals surface area contributed by atoms with E-state index in [-0.39, 0.29) is 0 Å². The summed E-state index contributed by atoms with van der Waals surface area (Å²) in [7, 11) is 2.10. The highest BCUT2D eigenvalue weighted by molar-refractivity contribution is 5.63. The van der Waals surface area contributed by atoms with Gasteiger partial charge in [-0.15, -0.1) is 0 Å². The van der Waals surface area contributed by atoms with Gasteiger partial charge >= 0.3 is 0 Å². The number of piperidine rings is 1. The van der Waals surface area contributed by atoms with Crippen molar-refractivity contribution in [2.24, 2.45) is 0 Å². The summed E-state index contributed by atoms with van der Waals surface area (Å²) in [4.78, 5) is 6.37. The Hall–Kier alpha value is -1.29. The summed E-state index contributed by atoms with van der Waals surface area (Å²) in [5.41, 5.74) is 6.91. The standard InChI is InChI=1S/C11H18N4/c1-15(9-4-7-13-8-5-9)10-3-2-6-14-11(10)12/h2-3,6,9,13H,4-5,7-8H2,1H3,(H2,12,14). The molecule has 0 radical (unpaired) electrons. The summed E-state index contributed by atoms with van der Waals surface area (Å²) in [6.45, 7) is 2.18. The van der Waals surface area contributed by atoms with Gasteiger partial charge in [0.1, 0.15) is 5.82 Å². The van der Waals surface area contributed by atoms with Crippen LogP contribution in [0.3, 0.4) is 0 Å². The molecule has 0 saturated carbocycles. The van der Waals surface area contributed by atoms with Crippen LogP contribution in [0.15, 0.2) is 18.3 Å². The highest BCUT2D eigenvalue weighted by atomic mass is 15.2. The first-order chi connectivity index (χ1) is 7.29. The van der Waals surface area contributed by atoms with Crippen molar-refractivity contribution in [3.8, 4) is 0 Å². The van der Waals surface area contributed by atoms with E-state index in [1.165, 1.54) is 12.8 Å². The van der Waals surface area contributed by atoms with E-state index in [9.17, 15) is 0 Å². The summed E-state index contributed by atoms with van der Waals surface area (Å²) >= 11 is 0. The lowest BCUT2D eigenvalue weighted by Gasteiger charge is -2.33. The van der Waals surface area contributed by atoms with Gasteiger partial charge in [-0.2, -0.15) is 0 Å². The number of hydrogen-bond acceptors (Lipinski definition) is 4. The molecule has 1 fully saturated rings. The molecule has 2 rings (SSSR count). The molecule has 3 N–H and O–H groups in total. The van der Waals surface area contributed by atoms with E-state index in [4.69, 9.17) is 5.73 Å². The van der Waals surface area contributed by atoms with Crippen LogP contribution < -0.4 is 16.0 Å². The van der Waals surface area contributed by atoms with Crippen LogP contribution >= 0.6 is 0 Å². The minimum absolute atomic E-state index is 0.581. The second-order valence-corrected chi connectivity index (χ2v) is 4.00. The van der Waals surface area contributed by atoms with Gasteiger partial charge in [0.2, 0.25) is 0 Å². The smallest absolute Gasteiger partial charge is 0.146 e. The molecule has 0 aliphatic carbocycles. The van der Waals surface area contributed by atoms with Gasteiger partial charge < -0.3 is 16.0 Å². The maximum atomic E-state index is 5.86. The second-order valence-electron chi connectivity index (χ2n) is 4.00. The molecule has 0 unspecified atom stereocenters. The molecule has 0 atom stereocenters. The molecular weight excluding hydrogens is 188 g/mol. The van der Waals surface area contributed by atoms with Crippen LogP contribution in [0, 0.1) is 0 Å². The number of nitrogen functional groups attached to an aromatic ring is 1. The minimum atomic E-state index is 0.581. The van der Waals surface area contributed by atoms with Crippen LogP contribution in [0.1, 0.15) is 12.8 Å². The van der Waals surface area contributed by atoms with Crippen LogP contribution in [0.25, 0.3) is 0 Å². The highest BCUT2D eigenvalue weighted by Crippen LogP contribution is 2.23. The van der Waals surface area contributed by atoms with E-state index in [0.717, 1.165) is 18.8 Å². The number of pyridine rings is 1. The number of nitrogens with two attached hydrogens (primary N) is 1. The van der Waals surface area contributed by atoms with Gasteiger partial charge in [-0.3, -0.25) is 0 Å².